The first-order chi connectivity index (χ1) is 18.0. The summed E-state index contributed by atoms with van der Waals surface area (Å²) in [6.45, 7) is 4.79. The molecular weight excluding hydrogens is 470 g/mol. The van der Waals surface area contributed by atoms with Gasteiger partial charge >= 0.3 is 5.97 Å². The van der Waals surface area contributed by atoms with E-state index in [1.54, 1.807) is 0 Å². The summed E-state index contributed by atoms with van der Waals surface area (Å²) < 4.78 is 39.9. The first-order valence-electron chi connectivity index (χ1n) is 15.4. The Balaban J connectivity index is 1.38. The molecule has 0 aliphatic heterocycles. The molecule has 3 nitrogen and oxygen atoms in total. The Bertz CT molecular complexity index is 795. The van der Waals surface area contributed by atoms with Crippen molar-refractivity contribution >= 4 is 5.97 Å². The SMILES string of the molecule is CCCCCCCCOc1ccc(OC(=O)[C@H]2CC[C@H]([C@H]3CC[C@H](CCCCC)CC3)CC2)c(F)c1F. The van der Waals surface area contributed by atoms with Crippen LogP contribution in [0.3, 0.4) is 0 Å². The Labute approximate surface area is 224 Å². The number of carbonyl (C=O) groups is 1. The van der Waals surface area contributed by atoms with Crippen molar-refractivity contribution in [2.45, 2.75) is 129 Å². The molecular formula is C32H50F2O3. The minimum Gasteiger partial charge on any atom is -0.490 e. The summed E-state index contributed by atoms with van der Waals surface area (Å²) in [7, 11) is 0. The topological polar surface area (TPSA) is 35.5 Å². The average molecular weight is 521 g/mol. The van der Waals surface area contributed by atoms with E-state index in [2.05, 4.69) is 13.8 Å². The van der Waals surface area contributed by atoms with Crippen molar-refractivity contribution in [3.05, 3.63) is 23.8 Å². The van der Waals surface area contributed by atoms with Crippen LogP contribution in [0.15, 0.2) is 12.1 Å². The van der Waals surface area contributed by atoms with Crippen LogP contribution in [0.25, 0.3) is 0 Å². The highest BCUT2D eigenvalue weighted by Gasteiger charge is 2.34. The quantitative estimate of drug-likeness (QED) is 0.131. The summed E-state index contributed by atoms with van der Waals surface area (Å²) >= 11 is 0. The second kappa shape index (κ2) is 16.3. The molecule has 2 fully saturated rings. The fourth-order valence-corrected chi connectivity index (χ4v) is 6.42. The number of rotatable bonds is 15. The molecule has 0 aromatic heterocycles. The summed E-state index contributed by atoms with van der Waals surface area (Å²) in [6.07, 6.45) is 21.0. The van der Waals surface area contributed by atoms with Gasteiger partial charge in [-0.1, -0.05) is 84.5 Å². The molecule has 2 aliphatic rings. The van der Waals surface area contributed by atoms with Gasteiger partial charge in [-0.25, -0.2) is 0 Å². The number of hydrogen-bond acceptors (Lipinski definition) is 3. The van der Waals surface area contributed by atoms with Crippen molar-refractivity contribution in [2.75, 3.05) is 6.61 Å². The summed E-state index contributed by atoms with van der Waals surface area (Å²) in [4.78, 5) is 12.7. The van der Waals surface area contributed by atoms with E-state index in [1.807, 2.05) is 0 Å². The molecule has 2 saturated carbocycles. The van der Waals surface area contributed by atoms with E-state index in [4.69, 9.17) is 9.47 Å². The van der Waals surface area contributed by atoms with E-state index in [9.17, 15) is 13.6 Å². The van der Waals surface area contributed by atoms with E-state index in [0.29, 0.717) is 12.5 Å². The lowest BCUT2D eigenvalue weighted by atomic mass is 9.68. The Kier molecular flexibility index (Phi) is 13.2. The molecule has 3 rings (SSSR count). The van der Waals surface area contributed by atoms with Gasteiger partial charge in [-0.15, -0.1) is 0 Å². The fourth-order valence-electron chi connectivity index (χ4n) is 6.42. The fraction of sp³-hybridized carbons (Fsp3) is 0.781. The molecule has 210 valence electrons. The van der Waals surface area contributed by atoms with Gasteiger partial charge in [0.2, 0.25) is 11.6 Å². The summed E-state index contributed by atoms with van der Waals surface area (Å²) in [5.41, 5.74) is 0. The lowest BCUT2D eigenvalue weighted by Gasteiger charge is -2.37. The van der Waals surface area contributed by atoms with Crippen LogP contribution in [-0.4, -0.2) is 12.6 Å². The third-order valence-corrected chi connectivity index (χ3v) is 8.86. The van der Waals surface area contributed by atoms with Crippen molar-refractivity contribution in [1.82, 2.24) is 0 Å². The Hall–Kier alpha value is -1.65. The van der Waals surface area contributed by atoms with Crippen molar-refractivity contribution in [2.24, 2.45) is 23.7 Å². The van der Waals surface area contributed by atoms with Crippen LogP contribution < -0.4 is 9.47 Å². The lowest BCUT2D eigenvalue weighted by Crippen LogP contribution is -2.30. The van der Waals surface area contributed by atoms with Gasteiger partial charge in [-0.3, -0.25) is 4.79 Å². The maximum atomic E-state index is 14.6. The number of benzene rings is 1. The van der Waals surface area contributed by atoms with E-state index >= 15 is 0 Å². The molecule has 0 heterocycles. The van der Waals surface area contributed by atoms with Gasteiger partial charge in [-0.05, 0) is 74.8 Å². The van der Waals surface area contributed by atoms with Gasteiger partial charge in [0.25, 0.3) is 0 Å². The molecule has 1 aromatic carbocycles. The second-order valence-corrected chi connectivity index (χ2v) is 11.6. The van der Waals surface area contributed by atoms with Crippen LogP contribution >= 0.6 is 0 Å². The van der Waals surface area contributed by atoms with Gasteiger partial charge in [0.05, 0.1) is 12.5 Å². The minimum atomic E-state index is -1.14. The third kappa shape index (κ3) is 9.55. The van der Waals surface area contributed by atoms with E-state index in [-0.39, 0.29) is 17.4 Å². The highest BCUT2D eigenvalue weighted by molar-refractivity contribution is 5.75. The minimum absolute atomic E-state index is 0.119. The predicted molar refractivity (Wildman–Crippen MR) is 146 cm³/mol. The molecule has 0 unspecified atom stereocenters. The number of ether oxygens (including phenoxy) is 2. The molecule has 0 spiro atoms. The smallest absolute Gasteiger partial charge is 0.314 e. The maximum Gasteiger partial charge on any atom is 0.314 e. The average Bonchev–Trinajstić information content (AvgIpc) is 2.92. The molecule has 0 amide bonds. The Morgan fingerprint density at radius 3 is 1.95 bits per heavy atom. The molecule has 5 heteroatoms. The van der Waals surface area contributed by atoms with Crippen LogP contribution in [0, 0.1) is 35.3 Å². The first-order valence-corrected chi connectivity index (χ1v) is 15.4. The molecule has 0 atom stereocenters. The van der Waals surface area contributed by atoms with Crippen molar-refractivity contribution in [3.8, 4) is 11.5 Å². The molecule has 37 heavy (non-hydrogen) atoms. The number of halogens is 2. The zero-order chi connectivity index (χ0) is 26.5. The Morgan fingerprint density at radius 2 is 1.27 bits per heavy atom. The van der Waals surface area contributed by atoms with Gasteiger partial charge in [0, 0.05) is 0 Å². The van der Waals surface area contributed by atoms with Crippen LogP contribution in [0.2, 0.25) is 0 Å². The highest BCUT2D eigenvalue weighted by atomic mass is 19.2. The monoisotopic (exact) mass is 520 g/mol. The van der Waals surface area contributed by atoms with Crippen molar-refractivity contribution in [1.29, 1.82) is 0 Å². The standard InChI is InChI=1S/C32H50F2O3/c1-3-5-7-8-9-11-23-36-28-21-22-29(31(34)30(28)33)37-32(35)27-19-17-26(18-20-27)25-15-13-24(14-16-25)12-10-6-4-2/h21-22,24-27H,3-20,23H2,1-2H3/t24-,25-,26-,27-. The molecule has 0 N–H and O–H groups in total. The van der Waals surface area contributed by atoms with Gasteiger partial charge < -0.3 is 9.47 Å². The zero-order valence-corrected chi connectivity index (χ0v) is 23.4. The lowest BCUT2D eigenvalue weighted by molar-refractivity contribution is -0.140. The number of esters is 1. The van der Waals surface area contributed by atoms with Crippen LogP contribution in [0.5, 0.6) is 11.5 Å². The molecule has 1 aromatic rings. The van der Waals surface area contributed by atoms with Crippen LogP contribution in [-0.2, 0) is 4.79 Å². The molecule has 2 aliphatic carbocycles. The third-order valence-electron chi connectivity index (χ3n) is 8.86. The number of hydrogen-bond donors (Lipinski definition) is 0. The number of unbranched alkanes of at least 4 members (excludes halogenated alkanes) is 7. The maximum absolute atomic E-state index is 14.6. The Morgan fingerprint density at radius 1 is 0.730 bits per heavy atom. The van der Waals surface area contributed by atoms with Crippen molar-refractivity contribution < 1.29 is 23.0 Å². The van der Waals surface area contributed by atoms with E-state index in [0.717, 1.165) is 56.8 Å². The molecule has 0 radical (unpaired) electrons. The highest BCUT2D eigenvalue weighted by Crippen LogP contribution is 2.42. The predicted octanol–water partition coefficient (Wildman–Crippen LogP) is 9.80. The van der Waals surface area contributed by atoms with Gasteiger partial charge in [0.15, 0.2) is 11.5 Å². The summed E-state index contributed by atoms with van der Waals surface area (Å²) in [5, 5.41) is 0. The molecule has 0 bridgehead atoms. The van der Waals surface area contributed by atoms with Gasteiger partial charge in [0.1, 0.15) is 0 Å². The summed E-state index contributed by atoms with van der Waals surface area (Å²) in [6, 6.07) is 2.69. The van der Waals surface area contributed by atoms with Gasteiger partial charge in [-0.2, -0.15) is 8.78 Å². The number of carbonyl (C=O) groups excluding carboxylic acids is 1. The first kappa shape index (κ1) is 29.9. The van der Waals surface area contributed by atoms with Crippen LogP contribution in [0.4, 0.5) is 8.78 Å². The normalized spacial score (nSPS) is 24.1. The van der Waals surface area contributed by atoms with Crippen molar-refractivity contribution in [3.63, 3.8) is 0 Å². The van der Waals surface area contributed by atoms with Crippen LogP contribution in [0.1, 0.15) is 129 Å². The zero-order valence-electron chi connectivity index (χ0n) is 23.4. The molecule has 0 saturated heterocycles. The van der Waals surface area contributed by atoms with E-state index < -0.39 is 17.6 Å². The second-order valence-electron chi connectivity index (χ2n) is 11.6. The largest absolute Gasteiger partial charge is 0.490 e. The van der Waals surface area contributed by atoms with E-state index in [1.165, 1.54) is 82.8 Å². The summed E-state index contributed by atoms with van der Waals surface area (Å²) in [5.74, 6) is -0.942.